The van der Waals surface area contributed by atoms with Crippen molar-refractivity contribution in [1.82, 2.24) is 15.2 Å². The first-order valence-corrected chi connectivity index (χ1v) is 7.78. The molecule has 116 valence electrons. The molecule has 7 heteroatoms. The Morgan fingerprint density at radius 1 is 1.17 bits per heavy atom. The molecule has 2 aromatic heterocycles. The molecule has 0 aliphatic rings. The van der Waals surface area contributed by atoms with E-state index in [2.05, 4.69) is 36.4 Å². The van der Waals surface area contributed by atoms with Gasteiger partial charge >= 0.3 is 0 Å². The van der Waals surface area contributed by atoms with E-state index in [1.807, 2.05) is 24.3 Å². The fourth-order valence-corrected chi connectivity index (χ4v) is 2.38. The molecule has 1 N–H and O–H groups in total. The Labute approximate surface area is 141 Å². The monoisotopic (exact) mass is 372 g/mol. The van der Waals surface area contributed by atoms with Crippen molar-refractivity contribution in [3.05, 3.63) is 59.2 Å². The molecule has 3 rings (SSSR count). The summed E-state index contributed by atoms with van der Waals surface area (Å²) < 4.78 is 6.46. The molecule has 3 aromatic rings. The van der Waals surface area contributed by atoms with Gasteiger partial charge in [-0.3, -0.25) is 9.78 Å². The minimum atomic E-state index is -0.105. The number of amides is 1. The van der Waals surface area contributed by atoms with Crippen molar-refractivity contribution < 1.29 is 9.21 Å². The number of benzene rings is 1. The van der Waals surface area contributed by atoms with Crippen LogP contribution in [0.4, 0.5) is 5.69 Å². The highest BCUT2D eigenvalue weighted by molar-refractivity contribution is 9.10. The summed E-state index contributed by atoms with van der Waals surface area (Å²) in [7, 11) is 0. The summed E-state index contributed by atoms with van der Waals surface area (Å²) in [5.74, 6) is 0.753. The maximum atomic E-state index is 11.9. The van der Waals surface area contributed by atoms with Crippen LogP contribution in [-0.4, -0.2) is 21.1 Å². The van der Waals surface area contributed by atoms with Crippen LogP contribution in [0.25, 0.3) is 11.5 Å². The van der Waals surface area contributed by atoms with Gasteiger partial charge in [-0.25, -0.2) is 0 Å². The number of anilines is 1. The molecule has 0 spiro atoms. The molecule has 0 unspecified atom stereocenters. The van der Waals surface area contributed by atoms with E-state index < -0.39 is 0 Å². The smallest absolute Gasteiger partial charge is 0.247 e. The van der Waals surface area contributed by atoms with Crippen LogP contribution in [0.15, 0.2) is 57.7 Å². The van der Waals surface area contributed by atoms with Crippen LogP contribution in [-0.2, 0) is 11.2 Å². The molecule has 6 nitrogen and oxygen atoms in total. The summed E-state index contributed by atoms with van der Waals surface area (Å²) in [5.41, 5.74) is 1.55. The lowest BCUT2D eigenvalue weighted by molar-refractivity contribution is -0.116. The van der Waals surface area contributed by atoms with Gasteiger partial charge in [0.05, 0.1) is 0 Å². The van der Waals surface area contributed by atoms with Crippen LogP contribution in [0, 0.1) is 0 Å². The Morgan fingerprint density at radius 2 is 2.00 bits per heavy atom. The minimum Gasteiger partial charge on any atom is -0.421 e. The molecule has 0 aliphatic carbocycles. The average molecular weight is 373 g/mol. The summed E-state index contributed by atoms with van der Waals surface area (Å²) >= 11 is 3.36. The minimum absolute atomic E-state index is 0.105. The van der Waals surface area contributed by atoms with Gasteiger partial charge in [0.25, 0.3) is 0 Å². The summed E-state index contributed by atoms with van der Waals surface area (Å²) in [4.78, 5) is 15.9. The Balaban J connectivity index is 1.56. The first-order valence-electron chi connectivity index (χ1n) is 6.99. The molecule has 0 fully saturated rings. The van der Waals surface area contributed by atoms with Gasteiger partial charge in [0.1, 0.15) is 0 Å². The molecule has 0 saturated heterocycles. The van der Waals surface area contributed by atoms with Gasteiger partial charge in [-0.15, -0.1) is 10.2 Å². The van der Waals surface area contributed by atoms with Gasteiger partial charge in [0.2, 0.25) is 17.7 Å². The molecule has 1 amide bonds. The molecular formula is C16H13BrN4O2. The van der Waals surface area contributed by atoms with Crippen molar-refractivity contribution in [1.29, 1.82) is 0 Å². The van der Waals surface area contributed by atoms with Crippen LogP contribution in [0.3, 0.4) is 0 Å². The zero-order valence-corrected chi connectivity index (χ0v) is 13.7. The second kappa shape index (κ2) is 7.15. The predicted molar refractivity (Wildman–Crippen MR) is 88.6 cm³/mol. The average Bonchev–Trinajstić information content (AvgIpc) is 3.03. The molecular weight excluding hydrogens is 360 g/mol. The number of hydrogen-bond acceptors (Lipinski definition) is 5. The van der Waals surface area contributed by atoms with Gasteiger partial charge in [0, 0.05) is 41.0 Å². The first kappa shape index (κ1) is 15.4. The summed E-state index contributed by atoms with van der Waals surface area (Å²) in [6, 6.07) is 11.0. The Hall–Kier alpha value is -2.54. The van der Waals surface area contributed by atoms with Gasteiger partial charge in [-0.05, 0) is 30.3 Å². The maximum absolute atomic E-state index is 11.9. The van der Waals surface area contributed by atoms with Gasteiger partial charge in [-0.2, -0.15) is 0 Å². The Bertz CT molecular complexity index is 805. The second-order valence-electron chi connectivity index (χ2n) is 4.80. The van der Waals surface area contributed by atoms with Crippen molar-refractivity contribution in [2.45, 2.75) is 12.8 Å². The number of carbonyl (C=O) groups excluding carboxylic acids is 1. The van der Waals surface area contributed by atoms with Gasteiger partial charge in [0.15, 0.2) is 0 Å². The quantitative estimate of drug-likeness (QED) is 0.741. The highest BCUT2D eigenvalue weighted by atomic mass is 79.9. The summed E-state index contributed by atoms with van der Waals surface area (Å²) in [5, 5.41) is 10.8. The van der Waals surface area contributed by atoms with Gasteiger partial charge in [-0.1, -0.05) is 22.0 Å². The number of nitrogens with zero attached hydrogens (tertiary/aromatic N) is 3. The third-order valence-corrected chi connectivity index (χ3v) is 3.56. The van der Waals surface area contributed by atoms with E-state index >= 15 is 0 Å². The number of carbonyl (C=O) groups is 1. The van der Waals surface area contributed by atoms with Crippen molar-refractivity contribution in [2.24, 2.45) is 0 Å². The van der Waals surface area contributed by atoms with Crippen molar-refractivity contribution in [3.8, 4) is 11.5 Å². The number of nitrogens with one attached hydrogen (secondary N) is 1. The van der Waals surface area contributed by atoms with E-state index in [4.69, 9.17) is 4.42 Å². The number of pyridine rings is 1. The van der Waals surface area contributed by atoms with Crippen LogP contribution in [0.1, 0.15) is 12.3 Å². The lowest BCUT2D eigenvalue weighted by Gasteiger charge is -2.04. The standard InChI is InChI=1S/C16H13BrN4O2/c17-12-2-1-3-13(10-12)19-14(22)4-5-15-20-21-16(23-15)11-6-8-18-9-7-11/h1-3,6-10H,4-5H2,(H,19,22). The Kier molecular flexibility index (Phi) is 4.77. The van der Waals surface area contributed by atoms with Crippen LogP contribution in [0.2, 0.25) is 0 Å². The van der Waals surface area contributed by atoms with Crippen molar-refractivity contribution >= 4 is 27.5 Å². The predicted octanol–water partition coefficient (Wildman–Crippen LogP) is 3.47. The van der Waals surface area contributed by atoms with Crippen molar-refractivity contribution in [2.75, 3.05) is 5.32 Å². The molecule has 1 aromatic carbocycles. The lowest BCUT2D eigenvalue weighted by atomic mass is 10.2. The van der Waals surface area contributed by atoms with Crippen LogP contribution in [0.5, 0.6) is 0 Å². The van der Waals surface area contributed by atoms with E-state index in [-0.39, 0.29) is 12.3 Å². The number of aromatic nitrogens is 3. The van der Waals surface area contributed by atoms with E-state index in [1.165, 1.54) is 0 Å². The van der Waals surface area contributed by atoms with E-state index in [1.54, 1.807) is 24.5 Å². The van der Waals surface area contributed by atoms with Crippen LogP contribution >= 0.6 is 15.9 Å². The number of rotatable bonds is 5. The lowest BCUT2D eigenvalue weighted by Crippen LogP contribution is -2.12. The molecule has 0 bridgehead atoms. The number of aryl methyl sites for hydroxylation is 1. The summed E-state index contributed by atoms with van der Waals surface area (Å²) in [6.07, 6.45) is 3.97. The van der Waals surface area contributed by atoms with Crippen LogP contribution < -0.4 is 5.32 Å². The zero-order valence-electron chi connectivity index (χ0n) is 12.1. The zero-order chi connectivity index (χ0) is 16.1. The normalized spacial score (nSPS) is 10.5. The second-order valence-corrected chi connectivity index (χ2v) is 5.71. The van der Waals surface area contributed by atoms with E-state index in [0.717, 1.165) is 15.7 Å². The molecule has 0 atom stereocenters. The van der Waals surface area contributed by atoms with E-state index in [0.29, 0.717) is 18.2 Å². The fraction of sp³-hybridized carbons (Fsp3) is 0.125. The van der Waals surface area contributed by atoms with E-state index in [9.17, 15) is 4.79 Å². The highest BCUT2D eigenvalue weighted by Gasteiger charge is 2.10. The molecule has 0 aliphatic heterocycles. The van der Waals surface area contributed by atoms with Crippen molar-refractivity contribution in [3.63, 3.8) is 0 Å². The fourth-order valence-electron chi connectivity index (χ4n) is 1.98. The SMILES string of the molecule is O=C(CCc1nnc(-c2ccncc2)o1)Nc1cccc(Br)c1. The Morgan fingerprint density at radius 3 is 2.78 bits per heavy atom. The summed E-state index contributed by atoms with van der Waals surface area (Å²) in [6.45, 7) is 0. The molecule has 0 radical (unpaired) electrons. The third kappa shape index (κ3) is 4.23. The topological polar surface area (TPSA) is 80.9 Å². The number of hydrogen-bond donors (Lipinski definition) is 1. The maximum Gasteiger partial charge on any atom is 0.247 e. The highest BCUT2D eigenvalue weighted by Crippen LogP contribution is 2.18. The first-order chi connectivity index (χ1) is 11.2. The molecule has 2 heterocycles. The molecule has 23 heavy (non-hydrogen) atoms. The largest absolute Gasteiger partial charge is 0.421 e. The molecule has 0 saturated carbocycles. The van der Waals surface area contributed by atoms with Gasteiger partial charge < -0.3 is 9.73 Å². The number of halogens is 1. The third-order valence-electron chi connectivity index (χ3n) is 3.07.